The molecule has 0 amide bonds. The summed E-state index contributed by atoms with van der Waals surface area (Å²) in [6, 6.07) is 0.688. The highest BCUT2D eigenvalue weighted by molar-refractivity contribution is 6.65. The monoisotopic (exact) mass is 199 g/mol. The highest BCUT2D eigenvalue weighted by atomic mass is 35.5. The van der Waals surface area contributed by atoms with E-state index in [0.29, 0.717) is 6.04 Å². The lowest BCUT2D eigenvalue weighted by Gasteiger charge is -2.35. The predicted molar refractivity (Wildman–Crippen MR) is 50.7 cm³/mol. The van der Waals surface area contributed by atoms with Crippen LogP contribution in [-0.2, 0) is 4.79 Å². The van der Waals surface area contributed by atoms with E-state index >= 15 is 0 Å². The van der Waals surface area contributed by atoms with E-state index in [1.807, 2.05) is 0 Å². The summed E-state index contributed by atoms with van der Waals surface area (Å²) in [5, 5.41) is -0.0978. The molecule has 0 unspecified atom stereocenters. The minimum Gasteiger partial charge on any atom is -0.287 e. The first-order valence-electron chi connectivity index (χ1n) is 5.19. The van der Waals surface area contributed by atoms with Crippen molar-refractivity contribution in [2.45, 2.75) is 43.7 Å². The molecule has 2 nitrogen and oxygen atoms in total. The van der Waals surface area contributed by atoms with Gasteiger partial charge in [0.1, 0.15) is 0 Å². The fourth-order valence-corrected chi connectivity index (χ4v) is 3.45. The van der Waals surface area contributed by atoms with Crippen LogP contribution in [0, 0.1) is 5.92 Å². The Labute approximate surface area is 83.2 Å². The van der Waals surface area contributed by atoms with Gasteiger partial charge in [0, 0.05) is 12.6 Å². The van der Waals surface area contributed by atoms with Crippen LogP contribution in [0.3, 0.4) is 0 Å². The first-order valence-corrected chi connectivity index (χ1v) is 5.57. The molecular weight excluding hydrogens is 186 g/mol. The van der Waals surface area contributed by atoms with E-state index in [-0.39, 0.29) is 10.8 Å². The van der Waals surface area contributed by atoms with Gasteiger partial charge in [-0.2, -0.15) is 0 Å². The fourth-order valence-electron chi connectivity index (χ4n) is 3.17. The first-order chi connectivity index (χ1) is 6.22. The summed E-state index contributed by atoms with van der Waals surface area (Å²) in [6.45, 7) is 1.13. The van der Waals surface area contributed by atoms with Crippen molar-refractivity contribution < 1.29 is 4.79 Å². The summed E-state index contributed by atoms with van der Waals surface area (Å²) in [4.78, 5) is 13.9. The van der Waals surface area contributed by atoms with Crippen LogP contribution in [0.2, 0.25) is 0 Å². The molecule has 72 valence electrons. The Kier molecular flexibility index (Phi) is 1.58. The lowest BCUT2D eigenvalue weighted by molar-refractivity contribution is -0.122. The Bertz CT molecular complexity index is 264. The molecule has 0 aromatic rings. The third-order valence-electron chi connectivity index (χ3n) is 3.95. The zero-order valence-corrected chi connectivity index (χ0v) is 8.39. The number of fused-ring (bicyclic) bond motifs is 2. The summed E-state index contributed by atoms with van der Waals surface area (Å²) < 4.78 is 0. The average Bonchev–Trinajstić information content (AvgIpc) is 2.77. The van der Waals surface area contributed by atoms with Crippen LogP contribution in [0.15, 0.2) is 0 Å². The smallest absolute Gasteiger partial charge is 0.241 e. The lowest BCUT2D eigenvalue weighted by Crippen LogP contribution is -2.50. The Morgan fingerprint density at radius 1 is 1.38 bits per heavy atom. The molecule has 1 heterocycles. The molecule has 3 aliphatic rings. The number of nitrogens with zero attached hydrogens (tertiary/aromatic N) is 1. The molecule has 3 fully saturated rings. The van der Waals surface area contributed by atoms with Crippen molar-refractivity contribution in [3.05, 3.63) is 0 Å². The number of carbonyl (C=O) groups is 1. The van der Waals surface area contributed by atoms with E-state index in [9.17, 15) is 4.79 Å². The second-order valence-corrected chi connectivity index (χ2v) is 5.14. The van der Waals surface area contributed by atoms with Crippen molar-refractivity contribution in [2.24, 2.45) is 5.92 Å². The van der Waals surface area contributed by atoms with Gasteiger partial charge in [-0.25, -0.2) is 0 Å². The number of carbonyl (C=O) groups excluding carboxylic acids is 1. The molecule has 2 aliphatic carbocycles. The molecule has 13 heavy (non-hydrogen) atoms. The van der Waals surface area contributed by atoms with Gasteiger partial charge in [-0.1, -0.05) is 0 Å². The molecule has 0 spiro atoms. The number of rotatable bonds is 2. The van der Waals surface area contributed by atoms with Crippen molar-refractivity contribution in [2.75, 3.05) is 6.54 Å². The zero-order valence-electron chi connectivity index (χ0n) is 7.63. The lowest BCUT2D eigenvalue weighted by atomic mass is 9.98. The fraction of sp³-hybridized carbons (Fsp3) is 0.900. The van der Waals surface area contributed by atoms with Crippen molar-refractivity contribution >= 4 is 16.8 Å². The first kappa shape index (κ1) is 8.25. The van der Waals surface area contributed by atoms with Crippen LogP contribution in [-0.4, -0.2) is 28.3 Å². The standard InChI is InChI=1S/C10H14ClNO/c11-9(13)10-4-3-7(5-10)6-12(10)8-1-2-8/h7-8H,1-6H2/t7-,10+/m0/s1. The Balaban J connectivity index is 1.92. The molecule has 0 radical (unpaired) electrons. The highest BCUT2D eigenvalue weighted by Crippen LogP contribution is 2.51. The van der Waals surface area contributed by atoms with Gasteiger partial charge in [-0.15, -0.1) is 0 Å². The van der Waals surface area contributed by atoms with E-state index in [1.165, 1.54) is 19.3 Å². The summed E-state index contributed by atoms with van der Waals surface area (Å²) in [7, 11) is 0. The van der Waals surface area contributed by atoms with Gasteiger partial charge in [-0.3, -0.25) is 9.69 Å². The molecule has 0 aromatic heterocycles. The largest absolute Gasteiger partial charge is 0.287 e. The minimum absolute atomic E-state index is 0.0978. The van der Waals surface area contributed by atoms with Crippen LogP contribution in [0.1, 0.15) is 32.1 Å². The molecule has 2 saturated carbocycles. The van der Waals surface area contributed by atoms with Crippen LogP contribution in [0.25, 0.3) is 0 Å². The molecule has 1 saturated heterocycles. The Hall–Kier alpha value is -0.0800. The number of hydrogen-bond acceptors (Lipinski definition) is 2. The summed E-state index contributed by atoms with van der Waals surface area (Å²) in [6.07, 6.45) is 5.81. The summed E-state index contributed by atoms with van der Waals surface area (Å²) in [5.41, 5.74) is -0.229. The molecule has 0 aromatic carbocycles. The molecule has 3 heteroatoms. The molecule has 2 atom stereocenters. The number of piperidine rings is 1. The summed E-state index contributed by atoms with van der Waals surface area (Å²) in [5.74, 6) is 0.753. The van der Waals surface area contributed by atoms with Crippen LogP contribution >= 0.6 is 11.6 Å². The van der Waals surface area contributed by atoms with Gasteiger partial charge in [0.05, 0.1) is 5.54 Å². The van der Waals surface area contributed by atoms with Gasteiger partial charge in [0.15, 0.2) is 0 Å². The Morgan fingerprint density at radius 3 is 2.69 bits per heavy atom. The van der Waals surface area contributed by atoms with Crippen LogP contribution in [0.5, 0.6) is 0 Å². The maximum atomic E-state index is 11.5. The van der Waals surface area contributed by atoms with Gasteiger partial charge in [-0.05, 0) is 49.6 Å². The minimum atomic E-state index is -0.229. The molecule has 0 N–H and O–H groups in total. The number of likely N-dealkylation sites (tertiary alicyclic amines) is 1. The van der Waals surface area contributed by atoms with E-state index in [0.717, 1.165) is 25.3 Å². The number of halogens is 1. The molecule has 1 aliphatic heterocycles. The number of hydrogen-bond donors (Lipinski definition) is 0. The predicted octanol–water partition coefficient (Wildman–Crippen LogP) is 1.77. The van der Waals surface area contributed by atoms with Crippen molar-refractivity contribution in [1.29, 1.82) is 0 Å². The van der Waals surface area contributed by atoms with Gasteiger partial charge in [0.2, 0.25) is 5.24 Å². The van der Waals surface area contributed by atoms with Gasteiger partial charge >= 0.3 is 0 Å². The maximum Gasteiger partial charge on any atom is 0.241 e. The SMILES string of the molecule is O=C(Cl)[C@]12CC[C@H](CN1C1CC1)C2. The summed E-state index contributed by atoms with van der Waals surface area (Å²) >= 11 is 5.75. The van der Waals surface area contributed by atoms with Crippen molar-refractivity contribution in [1.82, 2.24) is 4.90 Å². The second-order valence-electron chi connectivity index (χ2n) is 4.80. The topological polar surface area (TPSA) is 20.3 Å². The molecular formula is C10H14ClNO. The highest BCUT2D eigenvalue weighted by Gasteiger charge is 2.58. The van der Waals surface area contributed by atoms with E-state index in [2.05, 4.69) is 4.90 Å². The maximum absolute atomic E-state index is 11.5. The van der Waals surface area contributed by atoms with Crippen LogP contribution in [0.4, 0.5) is 0 Å². The molecule has 2 bridgehead atoms. The van der Waals surface area contributed by atoms with E-state index in [1.54, 1.807) is 0 Å². The second kappa shape index (κ2) is 2.48. The quantitative estimate of drug-likeness (QED) is 0.632. The van der Waals surface area contributed by atoms with Crippen LogP contribution < -0.4 is 0 Å². The van der Waals surface area contributed by atoms with Gasteiger partial charge in [0.25, 0.3) is 0 Å². The molecule has 3 rings (SSSR count). The van der Waals surface area contributed by atoms with E-state index < -0.39 is 0 Å². The zero-order chi connectivity index (χ0) is 9.05. The van der Waals surface area contributed by atoms with E-state index in [4.69, 9.17) is 11.6 Å². The Morgan fingerprint density at radius 2 is 2.15 bits per heavy atom. The normalized spacial score (nSPS) is 44.2. The third-order valence-corrected chi connectivity index (χ3v) is 4.30. The average molecular weight is 200 g/mol. The van der Waals surface area contributed by atoms with Crippen molar-refractivity contribution in [3.8, 4) is 0 Å². The van der Waals surface area contributed by atoms with Crippen molar-refractivity contribution in [3.63, 3.8) is 0 Å². The van der Waals surface area contributed by atoms with Gasteiger partial charge < -0.3 is 0 Å². The third kappa shape index (κ3) is 1.02.